The fourth-order valence-corrected chi connectivity index (χ4v) is 2.41. The molecule has 2 aliphatic rings. The first kappa shape index (κ1) is 10.8. The van der Waals surface area contributed by atoms with E-state index in [1.54, 1.807) is 6.08 Å². The van der Waals surface area contributed by atoms with Gasteiger partial charge in [0.25, 0.3) is 0 Å². The van der Waals surface area contributed by atoms with Crippen molar-refractivity contribution in [2.24, 2.45) is 17.8 Å². The van der Waals surface area contributed by atoms with Gasteiger partial charge in [0.2, 0.25) is 0 Å². The monoisotopic (exact) mass is 216 g/mol. The van der Waals surface area contributed by atoms with Crippen LogP contribution in [-0.2, 0) is 0 Å². The zero-order valence-electron chi connectivity index (χ0n) is 8.93. The van der Waals surface area contributed by atoms with Gasteiger partial charge < -0.3 is 0 Å². The van der Waals surface area contributed by atoms with Gasteiger partial charge in [0, 0.05) is 5.57 Å². The Hall–Kier alpha value is -0.730. The van der Waals surface area contributed by atoms with E-state index >= 15 is 0 Å². The lowest BCUT2D eigenvalue weighted by atomic mass is 9.88. The Morgan fingerprint density at radius 3 is 2.53 bits per heavy atom. The number of alkyl halides is 3. The van der Waals surface area contributed by atoms with Gasteiger partial charge >= 0.3 is 6.18 Å². The van der Waals surface area contributed by atoms with Crippen LogP contribution >= 0.6 is 0 Å². The quantitative estimate of drug-likeness (QED) is 0.652. The smallest absolute Gasteiger partial charge is 0.166 e. The topological polar surface area (TPSA) is 0 Å². The molecule has 0 nitrogen and oxygen atoms in total. The van der Waals surface area contributed by atoms with Crippen molar-refractivity contribution in [1.82, 2.24) is 0 Å². The standard InChI is InChI=1S/C12H15F3/c1-3-7(2)8-4-5-11(12(13,14)15)10-6-9(8)10/h4-5,7,9-10H,3,6H2,1-2H3. The van der Waals surface area contributed by atoms with Crippen LogP contribution in [0.1, 0.15) is 26.7 Å². The highest BCUT2D eigenvalue weighted by atomic mass is 19.4. The lowest BCUT2D eigenvalue weighted by molar-refractivity contribution is -0.0959. The minimum Gasteiger partial charge on any atom is -0.166 e. The molecule has 0 aromatic heterocycles. The first-order valence-corrected chi connectivity index (χ1v) is 5.44. The summed E-state index contributed by atoms with van der Waals surface area (Å²) in [6.07, 6.45) is 0.559. The summed E-state index contributed by atoms with van der Waals surface area (Å²) in [4.78, 5) is 0. The molecular formula is C12H15F3. The summed E-state index contributed by atoms with van der Waals surface area (Å²) < 4.78 is 37.6. The van der Waals surface area contributed by atoms with Gasteiger partial charge in [-0.05, 0) is 30.6 Å². The summed E-state index contributed by atoms with van der Waals surface area (Å²) in [6.45, 7) is 4.17. The van der Waals surface area contributed by atoms with Crippen molar-refractivity contribution in [2.75, 3.05) is 0 Å². The van der Waals surface area contributed by atoms with Gasteiger partial charge in [-0.3, -0.25) is 0 Å². The predicted octanol–water partition coefficient (Wildman–Crippen LogP) is 4.10. The minimum absolute atomic E-state index is 0.182. The molecule has 0 aliphatic heterocycles. The van der Waals surface area contributed by atoms with Crippen LogP contribution in [0.3, 0.4) is 0 Å². The average Bonchev–Trinajstić information content (AvgIpc) is 2.92. The molecule has 3 heteroatoms. The molecule has 0 spiro atoms. The largest absolute Gasteiger partial charge is 0.412 e. The maximum atomic E-state index is 12.5. The van der Waals surface area contributed by atoms with Gasteiger partial charge in [-0.15, -0.1) is 0 Å². The second-order valence-corrected chi connectivity index (χ2v) is 4.54. The maximum Gasteiger partial charge on any atom is 0.412 e. The number of allylic oxidation sites excluding steroid dienone is 4. The van der Waals surface area contributed by atoms with Crippen LogP contribution in [0.15, 0.2) is 23.3 Å². The van der Waals surface area contributed by atoms with Crippen molar-refractivity contribution in [1.29, 1.82) is 0 Å². The number of fused-ring (bicyclic) bond motifs is 1. The van der Waals surface area contributed by atoms with Crippen LogP contribution in [0.4, 0.5) is 13.2 Å². The fraction of sp³-hybridized carbons (Fsp3) is 0.667. The highest BCUT2D eigenvalue weighted by Crippen LogP contribution is 2.57. The van der Waals surface area contributed by atoms with Crippen LogP contribution in [0.5, 0.6) is 0 Å². The molecule has 0 N–H and O–H groups in total. The normalized spacial score (nSPS) is 31.5. The molecule has 0 aromatic rings. The van der Waals surface area contributed by atoms with Gasteiger partial charge in [-0.1, -0.05) is 31.6 Å². The molecule has 0 radical (unpaired) electrons. The summed E-state index contributed by atoms with van der Waals surface area (Å²) in [5.41, 5.74) is 0.898. The minimum atomic E-state index is -4.13. The predicted molar refractivity (Wildman–Crippen MR) is 53.3 cm³/mol. The van der Waals surface area contributed by atoms with Crippen molar-refractivity contribution in [2.45, 2.75) is 32.9 Å². The van der Waals surface area contributed by atoms with Crippen molar-refractivity contribution < 1.29 is 13.2 Å². The Morgan fingerprint density at radius 1 is 1.33 bits per heavy atom. The lowest BCUT2D eigenvalue weighted by Gasteiger charge is -2.19. The van der Waals surface area contributed by atoms with E-state index in [1.807, 2.05) is 0 Å². The van der Waals surface area contributed by atoms with Crippen LogP contribution in [0.25, 0.3) is 0 Å². The molecule has 3 atom stereocenters. The maximum absolute atomic E-state index is 12.5. The summed E-state index contributed by atoms with van der Waals surface area (Å²) in [5.74, 6) is 0.367. The first-order chi connectivity index (χ1) is 6.95. The molecular weight excluding hydrogens is 201 g/mol. The zero-order chi connectivity index (χ0) is 11.2. The molecule has 84 valence electrons. The van der Waals surface area contributed by atoms with E-state index in [2.05, 4.69) is 13.8 Å². The molecule has 0 saturated heterocycles. The van der Waals surface area contributed by atoms with E-state index in [0.29, 0.717) is 12.3 Å². The number of hydrogen-bond acceptors (Lipinski definition) is 0. The van der Waals surface area contributed by atoms with Gasteiger partial charge in [0.05, 0.1) is 0 Å². The molecule has 1 saturated carbocycles. The summed E-state index contributed by atoms with van der Waals surface area (Å²) in [7, 11) is 0. The Bertz CT molecular complexity index is 322. The second kappa shape index (κ2) is 3.39. The number of hydrogen-bond donors (Lipinski definition) is 0. The molecule has 2 aliphatic carbocycles. The van der Waals surface area contributed by atoms with E-state index in [1.165, 1.54) is 11.6 Å². The van der Waals surface area contributed by atoms with E-state index < -0.39 is 6.18 Å². The Labute approximate surface area is 87.9 Å². The third-order valence-electron chi connectivity index (χ3n) is 3.58. The van der Waals surface area contributed by atoms with Crippen LogP contribution < -0.4 is 0 Å². The van der Waals surface area contributed by atoms with Crippen molar-refractivity contribution in [3.8, 4) is 0 Å². The van der Waals surface area contributed by atoms with E-state index in [9.17, 15) is 13.2 Å². The Balaban J connectivity index is 2.22. The highest BCUT2D eigenvalue weighted by molar-refractivity contribution is 5.38. The van der Waals surface area contributed by atoms with Gasteiger partial charge in [-0.2, -0.15) is 13.2 Å². The Kier molecular flexibility index (Phi) is 2.44. The molecule has 0 aromatic carbocycles. The van der Waals surface area contributed by atoms with Crippen LogP contribution in [0, 0.1) is 17.8 Å². The highest BCUT2D eigenvalue weighted by Gasteiger charge is 2.52. The fourth-order valence-electron chi connectivity index (χ4n) is 2.41. The molecule has 0 heterocycles. The SMILES string of the molecule is CCC(C)C1=CC=C(C(F)(F)F)C2CC12. The molecule has 0 bridgehead atoms. The molecule has 3 unspecified atom stereocenters. The average molecular weight is 216 g/mol. The summed E-state index contributed by atoms with van der Waals surface area (Å²) >= 11 is 0. The van der Waals surface area contributed by atoms with E-state index in [4.69, 9.17) is 0 Å². The Morgan fingerprint density at radius 2 is 2.00 bits per heavy atom. The van der Waals surface area contributed by atoms with Crippen LogP contribution in [-0.4, -0.2) is 6.18 Å². The molecule has 1 fully saturated rings. The van der Waals surface area contributed by atoms with Crippen LogP contribution in [0.2, 0.25) is 0 Å². The van der Waals surface area contributed by atoms with Crippen molar-refractivity contribution in [3.63, 3.8) is 0 Å². The van der Waals surface area contributed by atoms with Crippen molar-refractivity contribution in [3.05, 3.63) is 23.3 Å². The van der Waals surface area contributed by atoms with Gasteiger partial charge in [0.1, 0.15) is 0 Å². The number of rotatable bonds is 2. The third kappa shape index (κ3) is 1.84. The molecule has 2 rings (SSSR count). The van der Waals surface area contributed by atoms with E-state index in [0.717, 1.165) is 6.42 Å². The molecule has 15 heavy (non-hydrogen) atoms. The van der Waals surface area contributed by atoms with Gasteiger partial charge in [-0.25, -0.2) is 0 Å². The lowest BCUT2D eigenvalue weighted by Crippen LogP contribution is -2.17. The second-order valence-electron chi connectivity index (χ2n) is 4.54. The first-order valence-electron chi connectivity index (χ1n) is 5.44. The van der Waals surface area contributed by atoms with Gasteiger partial charge in [0.15, 0.2) is 0 Å². The summed E-state index contributed by atoms with van der Waals surface area (Å²) in [5, 5.41) is 0. The van der Waals surface area contributed by atoms with Crippen molar-refractivity contribution >= 4 is 0 Å². The molecule has 0 amide bonds. The van der Waals surface area contributed by atoms with E-state index in [-0.39, 0.29) is 17.4 Å². The zero-order valence-corrected chi connectivity index (χ0v) is 8.93. The summed E-state index contributed by atoms with van der Waals surface area (Å²) in [6, 6.07) is 0. The number of halogens is 3. The third-order valence-corrected chi connectivity index (χ3v) is 3.58.